The standard InChI is InChI=1S/C16H16F3N3O2S/c1-24-12-5-3-2-4-11(12)21-6-8-22(9-7-21)15(23)13-14(16(17,18)19)20-10-25-13/h2-5,10H,6-9H2,1H3. The SMILES string of the molecule is COc1ccccc1N1CCN(C(=O)c2scnc2C(F)(F)F)CC1. The smallest absolute Gasteiger partial charge is 0.434 e. The number of hydrogen-bond donors (Lipinski definition) is 0. The number of piperazine rings is 1. The van der Waals surface area contributed by atoms with Crippen molar-refractivity contribution >= 4 is 22.9 Å². The van der Waals surface area contributed by atoms with Crippen LogP contribution in [0.1, 0.15) is 15.4 Å². The van der Waals surface area contributed by atoms with Crippen LogP contribution in [0.3, 0.4) is 0 Å². The number of aromatic nitrogens is 1. The van der Waals surface area contributed by atoms with Crippen LogP contribution < -0.4 is 9.64 Å². The van der Waals surface area contributed by atoms with Gasteiger partial charge in [-0.2, -0.15) is 13.2 Å². The summed E-state index contributed by atoms with van der Waals surface area (Å²) in [6, 6.07) is 7.52. The van der Waals surface area contributed by atoms with Gasteiger partial charge in [0.25, 0.3) is 5.91 Å². The molecule has 0 aliphatic carbocycles. The van der Waals surface area contributed by atoms with Crippen LogP contribution in [0.25, 0.3) is 0 Å². The van der Waals surface area contributed by atoms with Crippen LogP contribution in [0.5, 0.6) is 5.75 Å². The molecule has 1 fully saturated rings. The van der Waals surface area contributed by atoms with E-state index in [0.29, 0.717) is 26.2 Å². The number of halogens is 3. The minimum absolute atomic E-state index is 0.339. The molecule has 1 aromatic heterocycles. The number of methoxy groups -OCH3 is 1. The number of nitrogens with zero attached hydrogens (tertiary/aromatic N) is 3. The summed E-state index contributed by atoms with van der Waals surface area (Å²) >= 11 is 0.725. The number of benzene rings is 1. The number of anilines is 1. The van der Waals surface area contributed by atoms with Crippen molar-refractivity contribution < 1.29 is 22.7 Å². The highest BCUT2D eigenvalue weighted by molar-refractivity contribution is 7.11. The lowest BCUT2D eigenvalue weighted by atomic mass is 10.2. The van der Waals surface area contributed by atoms with Gasteiger partial charge in [0, 0.05) is 26.2 Å². The number of carbonyl (C=O) groups excluding carboxylic acids is 1. The molecule has 0 radical (unpaired) electrons. The van der Waals surface area contributed by atoms with Crippen molar-refractivity contribution in [2.45, 2.75) is 6.18 Å². The summed E-state index contributed by atoms with van der Waals surface area (Å²) in [6.45, 7) is 1.72. The van der Waals surface area contributed by atoms with Gasteiger partial charge in [-0.25, -0.2) is 4.98 Å². The predicted octanol–water partition coefficient (Wildman–Crippen LogP) is 3.13. The zero-order valence-electron chi connectivity index (χ0n) is 13.4. The molecule has 5 nitrogen and oxygen atoms in total. The molecule has 1 saturated heterocycles. The van der Waals surface area contributed by atoms with Gasteiger partial charge in [-0.15, -0.1) is 11.3 Å². The third kappa shape index (κ3) is 3.55. The summed E-state index contributed by atoms with van der Waals surface area (Å²) in [5, 5.41) is 0. The normalized spacial score (nSPS) is 15.4. The number of para-hydroxylation sites is 2. The zero-order chi connectivity index (χ0) is 18.0. The minimum atomic E-state index is -4.62. The molecule has 1 amide bonds. The van der Waals surface area contributed by atoms with Crippen LogP contribution >= 0.6 is 11.3 Å². The van der Waals surface area contributed by atoms with E-state index in [1.54, 1.807) is 7.11 Å². The van der Waals surface area contributed by atoms with Gasteiger partial charge in [0.15, 0.2) is 5.69 Å². The Morgan fingerprint density at radius 2 is 1.88 bits per heavy atom. The van der Waals surface area contributed by atoms with E-state index in [9.17, 15) is 18.0 Å². The third-order valence-corrected chi connectivity index (χ3v) is 4.84. The third-order valence-electron chi connectivity index (χ3n) is 4.02. The fourth-order valence-corrected chi connectivity index (χ4v) is 3.56. The van der Waals surface area contributed by atoms with E-state index in [-0.39, 0.29) is 4.88 Å². The Morgan fingerprint density at radius 1 is 1.20 bits per heavy atom. The van der Waals surface area contributed by atoms with Crippen molar-refractivity contribution in [3.63, 3.8) is 0 Å². The summed E-state index contributed by atoms with van der Waals surface area (Å²) in [5.41, 5.74) is 0.863. The predicted molar refractivity (Wildman–Crippen MR) is 88.2 cm³/mol. The summed E-state index contributed by atoms with van der Waals surface area (Å²) in [4.78, 5) is 18.9. The number of rotatable bonds is 3. The lowest BCUT2D eigenvalue weighted by molar-refractivity contribution is -0.141. The topological polar surface area (TPSA) is 45.7 Å². The molecule has 134 valence electrons. The largest absolute Gasteiger partial charge is 0.495 e. The highest BCUT2D eigenvalue weighted by Crippen LogP contribution is 2.34. The van der Waals surface area contributed by atoms with Gasteiger partial charge in [0.2, 0.25) is 0 Å². The minimum Gasteiger partial charge on any atom is -0.495 e. The molecule has 1 aliphatic rings. The van der Waals surface area contributed by atoms with E-state index in [1.807, 2.05) is 24.3 Å². The number of thiazole rings is 1. The average Bonchev–Trinajstić information content (AvgIpc) is 3.11. The Balaban J connectivity index is 1.71. The molecular formula is C16H16F3N3O2S. The summed E-state index contributed by atoms with van der Waals surface area (Å²) in [6.07, 6.45) is -4.62. The summed E-state index contributed by atoms with van der Waals surface area (Å²) in [5.74, 6) is 0.110. The first kappa shape index (κ1) is 17.5. The monoisotopic (exact) mass is 371 g/mol. The Labute approximate surface area is 146 Å². The van der Waals surface area contributed by atoms with E-state index in [2.05, 4.69) is 9.88 Å². The molecule has 1 aromatic carbocycles. The Hall–Kier alpha value is -2.29. The van der Waals surface area contributed by atoms with E-state index in [1.165, 1.54) is 4.90 Å². The quantitative estimate of drug-likeness (QED) is 0.832. The highest BCUT2D eigenvalue weighted by atomic mass is 32.1. The second-order valence-corrected chi connectivity index (χ2v) is 6.33. The first-order chi connectivity index (χ1) is 11.9. The first-order valence-electron chi connectivity index (χ1n) is 7.59. The van der Waals surface area contributed by atoms with Crippen molar-refractivity contribution in [1.82, 2.24) is 9.88 Å². The van der Waals surface area contributed by atoms with Gasteiger partial charge in [0.05, 0.1) is 18.3 Å². The molecular weight excluding hydrogens is 355 g/mol. The van der Waals surface area contributed by atoms with Gasteiger partial charge >= 0.3 is 6.18 Å². The maximum Gasteiger partial charge on any atom is 0.434 e. The van der Waals surface area contributed by atoms with E-state index < -0.39 is 17.8 Å². The second kappa shape index (κ2) is 6.91. The second-order valence-electron chi connectivity index (χ2n) is 5.48. The van der Waals surface area contributed by atoms with Crippen molar-refractivity contribution in [2.75, 3.05) is 38.2 Å². The van der Waals surface area contributed by atoms with Gasteiger partial charge in [-0.1, -0.05) is 12.1 Å². The molecule has 0 bridgehead atoms. The summed E-state index contributed by atoms with van der Waals surface area (Å²) < 4.78 is 44.1. The van der Waals surface area contributed by atoms with Crippen molar-refractivity contribution in [1.29, 1.82) is 0 Å². The zero-order valence-corrected chi connectivity index (χ0v) is 14.2. The van der Waals surface area contributed by atoms with Crippen molar-refractivity contribution in [2.24, 2.45) is 0 Å². The molecule has 3 rings (SSSR count). The number of alkyl halides is 3. The van der Waals surface area contributed by atoms with Crippen LogP contribution in [-0.4, -0.2) is 49.1 Å². The molecule has 25 heavy (non-hydrogen) atoms. The van der Waals surface area contributed by atoms with Crippen LogP contribution in [0, 0.1) is 0 Å². The maximum atomic E-state index is 12.9. The lowest BCUT2D eigenvalue weighted by Crippen LogP contribution is -2.49. The van der Waals surface area contributed by atoms with Crippen LogP contribution in [-0.2, 0) is 6.18 Å². The van der Waals surface area contributed by atoms with Crippen LogP contribution in [0.4, 0.5) is 18.9 Å². The molecule has 0 saturated carbocycles. The van der Waals surface area contributed by atoms with Gasteiger partial charge in [-0.05, 0) is 12.1 Å². The molecule has 0 N–H and O–H groups in total. The fourth-order valence-electron chi connectivity index (χ4n) is 2.78. The summed E-state index contributed by atoms with van der Waals surface area (Å²) in [7, 11) is 1.58. The Bertz CT molecular complexity index is 755. The van der Waals surface area contributed by atoms with Gasteiger partial charge < -0.3 is 14.5 Å². The molecule has 9 heteroatoms. The first-order valence-corrected chi connectivity index (χ1v) is 8.47. The Morgan fingerprint density at radius 3 is 2.52 bits per heavy atom. The maximum absolute atomic E-state index is 12.9. The fraction of sp³-hybridized carbons (Fsp3) is 0.375. The van der Waals surface area contributed by atoms with Crippen LogP contribution in [0.2, 0.25) is 0 Å². The number of carbonyl (C=O) groups is 1. The number of ether oxygens (including phenoxy) is 1. The van der Waals surface area contributed by atoms with Crippen molar-refractivity contribution in [3.8, 4) is 5.75 Å². The Kier molecular flexibility index (Phi) is 4.85. The van der Waals surface area contributed by atoms with Gasteiger partial charge in [-0.3, -0.25) is 4.79 Å². The number of amides is 1. The van der Waals surface area contributed by atoms with E-state index in [0.717, 1.165) is 28.3 Å². The van der Waals surface area contributed by atoms with Crippen molar-refractivity contribution in [3.05, 3.63) is 40.3 Å². The molecule has 2 heterocycles. The molecule has 0 spiro atoms. The van der Waals surface area contributed by atoms with Crippen LogP contribution in [0.15, 0.2) is 29.8 Å². The molecule has 2 aromatic rings. The van der Waals surface area contributed by atoms with E-state index in [4.69, 9.17) is 4.74 Å². The lowest BCUT2D eigenvalue weighted by Gasteiger charge is -2.36. The van der Waals surface area contributed by atoms with E-state index >= 15 is 0 Å². The molecule has 1 aliphatic heterocycles. The molecule has 0 unspecified atom stereocenters. The molecule has 0 atom stereocenters. The highest BCUT2D eigenvalue weighted by Gasteiger charge is 2.39. The number of hydrogen-bond acceptors (Lipinski definition) is 5. The average molecular weight is 371 g/mol. The van der Waals surface area contributed by atoms with Gasteiger partial charge in [0.1, 0.15) is 10.6 Å².